The number of carbonyl (C=O) groups is 1. The lowest BCUT2D eigenvalue weighted by Crippen LogP contribution is -2.34. The molecule has 114 valence electrons. The van der Waals surface area contributed by atoms with E-state index in [1.54, 1.807) is 30.8 Å². The van der Waals surface area contributed by atoms with E-state index >= 15 is 0 Å². The number of carbonyl (C=O) groups excluding carboxylic acids is 1. The van der Waals surface area contributed by atoms with E-state index in [9.17, 15) is 9.59 Å². The molecule has 0 unspecified atom stereocenters. The first-order chi connectivity index (χ1) is 10.6. The van der Waals surface area contributed by atoms with E-state index in [4.69, 9.17) is 4.42 Å². The summed E-state index contributed by atoms with van der Waals surface area (Å²) in [7, 11) is 1.72. The molecule has 9 heteroatoms. The lowest BCUT2D eigenvalue weighted by atomic mass is 10.4. The monoisotopic (exact) mass is 302 g/mol. The second-order valence-electron chi connectivity index (χ2n) is 4.81. The standard InChI is InChI=1S/C13H14N6O3/c1-8-11-12(16-18(8)2)13(21)19(17-15-11)7-10(20)14-6-9-4-3-5-22-9/h3-5H,6-7H2,1-2H3,(H,14,20). The van der Waals surface area contributed by atoms with Gasteiger partial charge in [-0.25, -0.2) is 0 Å². The van der Waals surface area contributed by atoms with Crippen molar-refractivity contribution in [3.63, 3.8) is 0 Å². The summed E-state index contributed by atoms with van der Waals surface area (Å²) >= 11 is 0. The minimum Gasteiger partial charge on any atom is -0.467 e. The Morgan fingerprint density at radius 1 is 1.41 bits per heavy atom. The molecule has 3 aromatic heterocycles. The maximum Gasteiger partial charge on any atom is 0.298 e. The quantitative estimate of drug-likeness (QED) is 0.711. The van der Waals surface area contributed by atoms with Gasteiger partial charge in [0.15, 0.2) is 5.52 Å². The van der Waals surface area contributed by atoms with Crippen LogP contribution in [0.4, 0.5) is 0 Å². The van der Waals surface area contributed by atoms with Gasteiger partial charge >= 0.3 is 0 Å². The zero-order valence-electron chi connectivity index (χ0n) is 12.1. The first-order valence-electron chi connectivity index (χ1n) is 6.62. The number of amides is 1. The third-order valence-corrected chi connectivity index (χ3v) is 3.33. The van der Waals surface area contributed by atoms with Crippen LogP contribution in [-0.4, -0.2) is 30.7 Å². The molecular weight excluding hydrogens is 288 g/mol. The lowest BCUT2D eigenvalue weighted by molar-refractivity contribution is -0.122. The molecule has 3 rings (SSSR count). The molecule has 0 atom stereocenters. The molecule has 1 amide bonds. The number of hydrogen-bond acceptors (Lipinski definition) is 6. The first kappa shape index (κ1) is 14.0. The molecular formula is C13H14N6O3. The van der Waals surface area contributed by atoms with Gasteiger partial charge in [-0.05, 0) is 19.1 Å². The van der Waals surface area contributed by atoms with Gasteiger partial charge in [0, 0.05) is 7.05 Å². The number of nitrogens with zero attached hydrogens (tertiary/aromatic N) is 5. The zero-order chi connectivity index (χ0) is 15.7. The molecule has 9 nitrogen and oxygen atoms in total. The molecule has 0 bridgehead atoms. The van der Waals surface area contributed by atoms with Crippen LogP contribution in [0.5, 0.6) is 0 Å². The Morgan fingerprint density at radius 2 is 2.23 bits per heavy atom. The summed E-state index contributed by atoms with van der Waals surface area (Å²) in [6.45, 7) is 1.82. The fourth-order valence-corrected chi connectivity index (χ4v) is 2.02. The van der Waals surface area contributed by atoms with E-state index in [2.05, 4.69) is 20.7 Å². The lowest BCUT2D eigenvalue weighted by Gasteiger charge is -2.04. The summed E-state index contributed by atoms with van der Waals surface area (Å²) in [4.78, 5) is 24.1. The number of aromatic nitrogens is 5. The maximum absolute atomic E-state index is 12.2. The number of aryl methyl sites for hydroxylation is 2. The number of furan rings is 1. The molecule has 0 aliphatic heterocycles. The summed E-state index contributed by atoms with van der Waals surface area (Å²) < 4.78 is 7.66. The summed E-state index contributed by atoms with van der Waals surface area (Å²) in [5, 5.41) is 14.5. The summed E-state index contributed by atoms with van der Waals surface area (Å²) in [5.41, 5.74) is 0.949. The second kappa shape index (κ2) is 5.43. The van der Waals surface area contributed by atoms with Gasteiger partial charge in [0.25, 0.3) is 5.56 Å². The highest BCUT2D eigenvalue weighted by atomic mass is 16.3. The van der Waals surface area contributed by atoms with Crippen LogP contribution in [0.1, 0.15) is 11.5 Å². The highest BCUT2D eigenvalue weighted by molar-refractivity contribution is 5.77. The fraction of sp³-hybridized carbons (Fsp3) is 0.308. The van der Waals surface area contributed by atoms with Crippen LogP contribution in [0.2, 0.25) is 0 Å². The highest BCUT2D eigenvalue weighted by Gasteiger charge is 2.14. The molecule has 0 aliphatic carbocycles. The van der Waals surface area contributed by atoms with Crippen LogP contribution in [0, 0.1) is 6.92 Å². The van der Waals surface area contributed by atoms with Crippen molar-refractivity contribution in [2.45, 2.75) is 20.0 Å². The molecule has 0 saturated heterocycles. The van der Waals surface area contributed by atoms with Crippen molar-refractivity contribution in [3.8, 4) is 0 Å². The van der Waals surface area contributed by atoms with Gasteiger partial charge in [-0.1, -0.05) is 5.21 Å². The second-order valence-corrected chi connectivity index (χ2v) is 4.81. The minimum atomic E-state index is -0.443. The van der Waals surface area contributed by atoms with Gasteiger partial charge in [-0.3, -0.25) is 14.3 Å². The van der Waals surface area contributed by atoms with Crippen LogP contribution in [0.15, 0.2) is 27.6 Å². The van der Waals surface area contributed by atoms with E-state index in [0.29, 0.717) is 11.3 Å². The molecule has 0 aliphatic rings. The molecule has 0 aromatic carbocycles. The van der Waals surface area contributed by atoms with Crippen LogP contribution < -0.4 is 10.9 Å². The van der Waals surface area contributed by atoms with Gasteiger partial charge in [-0.15, -0.1) is 5.10 Å². The van der Waals surface area contributed by atoms with Crippen molar-refractivity contribution in [1.29, 1.82) is 0 Å². The van der Waals surface area contributed by atoms with Crippen molar-refractivity contribution in [1.82, 2.24) is 30.1 Å². The Bertz CT molecular complexity index is 877. The Labute approximate surface area is 124 Å². The van der Waals surface area contributed by atoms with E-state index < -0.39 is 5.56 Å². The Balaban J connectivity index is 1.77. The fourth-order valence-electron chi connectivity index (χ4n) is 2.02. The average Bonchev–Trinajstić information content (AvgIpc) is 3.10. The van der Waals surface area contributed by atoms with Crippen molar-refractivity contribution in [2.24, 2.45) is 7.05 Å². The average molecular weight is 302 g/mol. The number of rotatable bonds is 4. The highest BCUT2D eigenvalue weighted by Crippen LogP contribution is 2.08. The molecule has 3 aromatic rings. The Kier molecular flexibility index (Phi) is 3.45. The number of hydrogen-bond donors (Lipinski definition) is 1. The van der Waals surface area contributed by atoms with Crippen molar-refractivity contribution < 1.29 is 9.21 Å². The Morgan fingerprint density at radius 3 is 2.95 bits per heavy atom. The first-order valence-corrected chi connectivity index (χ1v) is 6.62. The molecule has 0 fully saturated rings. The number of nitrogens with one attached hydrogen (secondary N) is 1. The van der Waals surface area contributed by atoms with Crippen molar-refractivity contribution in [3.05, 3.63) is 40.2 Å². The van der Waals surface area contributed by atoms with Gasteiger partial charge in [0.2, 0.25) is 5.91 Å². The summed E-state index contributed by atoms with van der Waals surface area (Å²) in [5.74, 6) is 0.266. The third kappa shape index (κ3) is 2.48. The van der Waals surface area contributed by atoms with Crippen molar-refractivity contribution >= 4 is 16.9 Å². The van der Waals surface area contributed by atoms with Gasteiger partial charge in [0.1, 0.15) is 17.8 Å². The topological polar surface area (TPSA) is 108 Å². The molecule has 0 spiro atoms. The molecule has 22 heavy (non-hydrogen) atoms. The predicted molar refractivity (Wildman–Crippen MR) is 75.9 cm³/mol. The Hall–Kier alpha value is -2.97. The molecule has 0 radical (unpaired) electrons. The zero-order valence-corrected chi connectivity index (χ0v) is 12.1. The van der Waals surface area contributed by atoms with Crippen LogP contribution in [-0.2, 0) is 24.9 Å². The summed E-state index contributed by atoms with van der Waals surface area (Å²) in [6.07, 6.45) is 1.52. The minimum absolute atomic E-state index is 0.203. The van der Waals surface area contributed by atoms with E-state index in [1.165, 1.54) is 6.26 Å². The maximum atomic E-state index is 12.2. The van der Waals surface area contributed by atoms with Gasteiger partial charge < -0.3 is 9.73 Å². The normalized spacial score (nSPS) is 11.0. The van der Waals surface area contributed by atoms with Crippen molar-refractivity contribution in [2.75, 3.05) is 0 Å². The molecule has 0 saturated carbocycles. The van der Waals surface area contributed by atoms with E-state index in [0.717, 1.165) is 10.4 Å². The third-order valence-electron chi connectivity index (χ3n) is 3.33. The number of fused-ring (bicyclic) bond motifs is 1. The summed E-state index contributed by atoms with van der Waals surface area (Å²) in [6, 6.07) is 3.48. The van der Waals surface area contributed by atoms with E-state index in [1.807, 2.05) is 0 Å². The van der Waals surface area contributed by atoms with Crippen LogP contribution in [0.3, 0.4) is 0 Å². The molecule has 1 N–H and O–H groups in total. The van der Waals surface area contributed by atoms with E-state index in [-0.39, 0.29) is 24.5 Å². The SMILES string of the molecule is Cc1c2nnn(CC(=O)NCc3ccco3)c(=O)c2nn1C. The van der Waals surface area contributed by atoms with Gasteiger partial charge in [-0.2, -0.15) is 9.78 Å². The smallest absolute Gasteiger partial charge is 0.298 e. The van der Waals surface area contributed by atoms with Crippen LogP contribution >= 0.6 is 0 Å². The van der Waals surface area contributed by atoms with Crippen LogP contribution in [0.25, 0.3) is 11.0 Å². The van der Waals surface area contributed by atoms with Gasteiger partial charge in [0.05, 0.1) is 18.5 Å². The molecule has 3 heterocycles. The largest absolute Gasteiger partial charge is 0.467 e. The predicted octanol–water partition coefficient (Wildman–Crippen LogP) is -0.257.